The van der Waals surface area contributed by atoms with Crippen molar-refractivity contribution in [1.29, 1.82) is 0 Å². The van der Waals surface area contributed by atoms with Gasteiger partial charge in [0.2, 0.25) is 0 Å². The van der Waals surface area contributed by atoms with Crippen molar-refractivity contribution in [3.05, 3.63) is 78.1 Å². The van der Waals surface area contributed by atoms with Crippen molar-refractivity contribution in [2.75, 3.05) is 7.11 Å². The Hall–Kier alpha value is -3.07. The minimum absolute atomic E-state index is 0.797. The van der Waals surface area contributed by atoms with Crippen molar-refractivity contribution in [3.8, 4) is 22.7 Å². The van der Waals surface area contributed by atoms with E-state index < -0.39 is 0 Å². The summed E-state index contributed by atoms with van der Waals surface area (Å²) in [6, 6.07) is 18.9. The zero-order chi connectivity index (χ0) is 17.4. The van der Waals surface area contributed by atoms with Gasteiger partial charge in [-0.05, 0) is 56.3 Å². The van der Waals surface area contributed by atoms with E-state index >= 15 is 0 Å². The van der Waals surface area contributed by atoms with Crippen LogP contribution in [0.1, 0.15) is 11.1 Å². The van der Waals surface area contributed by atoms with Crippen LogP contribution in [0.2, 0.25) is 0 Å². The van der Waals surface area contributed by atoms with Crippen LogP contribution in [0.15, 0.2) is 67.0 Å². The molecule has 3 nitrogen and oxygen atoms in total. The van der Waals surface area contributed by atoms with E-state index in [1.54, 1.807) is 7.11 Å². The number of hydrogen-bond donors (Lipinski definition) is 0. The summed E-state index contributed by atoms with van der Waals surface area (Å²) in [6.45, 7) is 4.21. The summed E-state index contributed by atoms with van der Waals surface area (Å²) in [5.74, 6) is 0.797. The molecule has 2 aromatic heterocycles. The van der Waals surface area contributed by atoms with Gasteiger partial charge in [0.15, 0.2) is 0 Å². The van der Waals surface area contributed by atoms with E-state index in [-0.39, 0.29) is 0 Å². The number of aromatic nitrogens is 2. The van der Waals surface area contributed by atoms with Gasteiger partial charge < -0.3 is 9.30 Å². The van der Waals surface area contributed by atoms with E-state index in [0.717, 1.165) is 33.6 Å². The van der Waals surface area contributed by atoms with E-state index in [1.807, 2.05) is 24.5 Å². The van der Waals surface area contributed by atoms with Crippen LogP contribution < -0.4 is 4.74 Å². The lowest BCUT2D eigenvalue weighted by molar-refractivity contribution is 0.415. The topological polar surface area (TPSA) is 27.1 Å². The van der Waals surface area contributed by atoms with E-state index in [0.29, 0.717) is 0 Å². The summed E-state index contributed by atoms with van der Waals surface area (Å²) < 4.78 is 7.71. The van der Waals surface area contributed by atoms with Crippen LogP contribution in [-0.4, -0.2) is 16.7 Å². The van der Waals surface area contributed by atoms with Gasteiger partial charge >= 0.3 is 0 Å². The Labute approximate surface area is 147 Å². The molecular weight excluding hydrogens is 308 g/mol. The van der Waals surface area contributed by atoms with Gasteiger partial charge in [-0.15, -0.1) is 0 Å². The number of fused-ring (bicyclic) bond motifs is 1. The van der Waals surface area contributed by atoms with Crippen LogP contribution in [0, 0.1) is 13.8 Å². The molecule has 0 N–H and O–H groups in total. The van der Waals surface area contributed by atoms with Gasteiger partial charge in [-0.25, -0.2) is 4.98 Å². The number of benzene rings is 2. The Kier molecular flexibility index (Phi) is 3.77. The van der Waals surface area contributed by atoms with Crippen LogP contribution in [0.3, 0.4) is 0 Å². The molecule has 4 aromatic rings. The number of rotatable bonds is 3. The molecule has 0 aliphatic heterocycles. The van der Waals surface area contributed by atoms with Gasteiger partial charge in [-0.1, -0.05) is 23.3 Å². The Morgan fingerprint density at radius 2 is 1.60 bits per heavy atom. The molecule has 2 heterocycles. The van der Waals surface area contributed by atoms with E-state index in [4.69, 9.17) is 9.72 Å². The van der Waals surface area contributed by atoms with Gasteiger partial charge in [0.1, 0.15) is 11.4 Å². The molecule has 0 saturated heterocycles. The zero-order valence-electron chi connectivity index (χ0n) is 14.7. The van der Waals surface area contributed by atoms with Gasteiger partial charge in [-0.3, -0.25) is 0 Å². The molecule has 0 fully saturated rings. The second kappa shape index (κ2) is 6.10. The number of methoxy groups -OCH3 is 1. The molecule has 0 aliphatic carbocycles. The van der Waals surface area contributed by atoms with Crippen molar-refractivity contribution in [2.24, 2.45) is 0 Å². The maximum atomic E-state index is 5.62. The fraction of sp³-hybridized carbons (Fsp3) is 0.136. The van der Waals surface area contributed by atoms with Crippen LogP contribution >= 0.6 is 0 Å². The maximum absolute atomic E-state index is 5.62. The predicted molar refractivity (Wildman–Crippen MR) is 103 cm³/mol. The fourth-order valence-corrected chi connectivity index (χ4v) is 3.28. The standard InChI is InChI=1S/C22H20N2O/c1-15-10-16(2)12-18(11-15)22-21(25-3)13-17-6-7-19(14-20(17)23-22)24-8-4-5-9-24/h4-14H,1-3H3. The van der Waals surface area contributed by atoms with E-state index in [9.17, 15) is 0 Å². The smallest absolute Gasteiger partial charge is 0.145 e. The molecule has 0 bridgehead atoms. The molecule has 0 saturated carbocycles. The normalized spacial score (nSPS) is 11.0. The summed E-state index contributed by atoms with van der Waals surface area (Å²) in [5.41, 5.74) is 6.47. The third kappa shape index (κ3) is 2.89. The Bertz CT molecular complexity index is 1030. The highest BCUT2D eigenvalue weighted by Crippen LogP contribution is 2.33. The molecule has 0 atom stereocenters. The molecule has 25 heavy (non-hydrogen) atoms. The summed E-state index contributed by atoms with van der Waals surface area (Å²) in [7, 11) is 1.70. The van der Waals surface area contributed by atoms with Crippen LogP contribution in [0.4, 0.5) is 0 Å². The van der Waals surface area contributed by atoms with Gasteiger partial charge in [0.25, 0.3) is 0 Å². The molecule has 0 spiro atoms. The molecule has 124 valence electrons. The molecular formula is C22H20N2O. The molecule has 0 radical (unpaired) electrons. The average Bonchev–Trinajstić information content (AvgIpc) is 3.14. The monoisotopic (exact) mass is 328 g/mol. The molecule has 3 heteroatoms. The first-order valence-corrected chi connectivity index (χ1v) is 8.35. The van der Waals surface area contributed by atoms with Crippen molar-refractivity contribution < 1.29 is 4.74 Å². The largest absolute Gasteiger partial charge is 0.494 e. The second-order valence-electron chi connectivity index (χ2n) is 6.38. The third-order valence-electron chi connectivity index (χ3n) is 4.38. The van der Waals surface area contributed by atoms with Crippen molar-refractivity contribution >= 4 is 10.9 Å². The minimum atomic E-state index is 0.797. The summed E-state index contributed by atoms with van der Waals surface area (Å²) in [4.78, 5) is 4.93. The Balaban J connectivity index is 1.93. The number of hydrogen-bond acceptors (Lipinski definition) is 2. The molecule has 0 amide bonds. The van der Waals surface area contributed by atoms with Crippen molar-refractivity contribution in [1.82, 2.24) is 9.55 Å². The molecule has 0 unspecified atom stereocenters. The SMILES string of the molecule is COc1cc2ccc(-n3cccc3)cc2nc1-c1cc(C)cc(C)c1. The molecule has 0 aliphatic rings. The van der Waals surface area contributed by atoms with E-state index in [1.165, 1.54) is 11.1 Å². The van der Waals surface area contributed by atoms with Crippen molar-refractivity contribution in [3.63, 3.8) is 0 Å². The van der Waals surface area contributed by atoms with Gasteiger partial charge in [-0.2, -0.15) is 0 Å². The molecule has 4 rings (SSSR count). The van der Waals surface area contributed by atoms with E-state index in [2.05, 4.69) is 60.9 Å². The summed E-state index contributed by atoms with van der Waals surface area (Å²) in [6.07, 6.45) is 4.07. The second-order valence-corrected chi connectivity index (χ2v) is 6.38. The highest BCUT2D eigenvalue weighted by molar-refractivity contribution is 5.86. The minimum Gasteiger partial charge on any atom is -0.494 e. The number of pyridine rings is 1. The first-order chi connectivity index (χ1) is 12.1. The highest BCUT2D eigenvalue weighted by atomic mass is 16.5. The van der Waals surface area contributed by atoms with Crippen LogP contribution in [-0.2, 0) is 0 Å². The average molecular weight is 328 g/mol. The lowest BCUT2D eigenvalue weighted by Crippen LogP contribution is -1.95. The number of aryl methyl sites for hydroxylation is 2. The Morgan fingerprint density at radius 1 is 0.880 bits per heavy atom. The van der Waals surface area contributed by atoms with Crippen LogP contribution in [0.25, 0.3) is 27.8 Å². The lowest BCUT2D eigenvalue weighted by atomic mass is 10.0. The lowest BCUT2D eigenvalue weighted by Gasteiger charge is -2.12. The zero-order valence-corrected chi connectivity index (χ0v) is 14.7. The number of nitrogens with zero attached hydrogens (tertiary/aromatic N) is 2. The third-order valence-corrected chi connectivity index (χ3v) is 4.38. The number of ether oxygens (including phenoxy) is 1. The van der Waals surface area contributed by atoms with Crippen LogP contribution in [0.5, 0.6) is 5.75 Å². The first-order valence-electron chi connectivity index (χ1n) is 8.35. The van der Waals surface area contributed by atoms with Crippen molar-refractivity contribution in [2.45, 2.75) is 13.8 Å². The summed E-state index contributed by atoms with van der Waals surface area (Å²) >= 11 is 0. The fourth-order valence-electron chi connectivity index (χ4n) is 3.28. The quantitative estimate of drug-likeness (QED) is 0.509. The highest BCUT2D eigenvalue weighted by Gasteiger charge is 2.11. The Morgan fingerprint density at radius 3 is 2.28 bits per heavy atom. The first kappa shape index (κ1) is 15.5. The maximum Gasteiger partial charge on any atom is 0.145 e. The summed E-state index contributed by atoms with van der Waals surface area (Å²) in [5, 5.41) is 1.07. The molecule has 2 aromatic carbocycles. The van der Waals surface area contributed by atoms with Gasteiger partial charge in [0, 0.05) is 29.0 Å². The van der Waals surface area contributed by atoms with Gasteiger partial charge in [0.05, 0.1) is 12.6 Å². The predicted octanol–water partition coefficient (Wildman–Crippen LogP) is 5.32.